The molecule has 1 N–H and O–H groups in total. The molecule has 2 unspecified atom stereocenters. The number of aromatic amines is 1. The fourth-order valence-corrected chi connectivity index (χ4v) is 5.04. The molecule has 1 aromatic carbocycles. The molecule has 0 saturated carbocycles. The summed E-state index contributed by atoms with van der Waals surface area (Å²) in [5.41, 5.74) is 3.92. The van der Waals surface area contributed by atoms with Crippen LogP contribution in [0.15, 0.2) is 24.4 Å². The summed E-state index contributed by atoms with van der Waals surface area (Å²) in [5, 5.41) is 1.34. The number of H-pyrrole nitrogens is 1. The Hall–Kier alpha value is -2.14. The van der Waals surface area contributed by atoms with Crippen molar-refractivity contribution in [1.29, 1.82) is 0 Å². The van der Waals surface area contributed by atoms with Gasteiger partial charge in [-0.1, -0.05) is 31.9 Å². The van der Waals surface area contributed by atoms with Crippen molar-refractivity contribution in [2.75, 3.05) is 20.2 Å². The molecule has 5 nitrogen and oxygen atoms in total. The lowest BCUT2D eigenvalue weighted by Gasteiger charge is -2.45. The molecular weight excluding hydrogens is 352 g/mol. The summed E-state index contributed by atoms with van der Waals surface area (Å²) in [7, 11) is 2.12. The Labute approximate surface area is 166 Å². The predicted molar refractivity (Wildman–Crippen MR) is 109 cm³/mol. The number of likely N-dealkylation sites (tertiary alicyclic amines) is 1. The van der Waals surface area contributed by atoms with Crippen LogP contribution in [-0.2, 0) is 20.7 Å². The van der Waals surface area contributed by atoms with Gasteiger partial charge in [-0.15, -0.1) is 0 Å². The normalized spacial score (nSPS) is 24.1. The van der Waals surface area contributed by atoms with Crippen LogP contribution in [0.5, 0.6) is 0 Å². The van der Waals surface area contributed by atoms with Gasteiger partial charge >= 0.3 is 5.97 Å². The number of Topliss-reactive ketones (excluding diaryl/α,β-unsaturated/α-hetero) is 1. The van der Waals surface area contributed by atoms with Crippen molar-refractivity contribution >= 4 is 22.7 Å². The monoisotopic (exact) mass is 382 g/mol. The molecule has 2 heterocycles. The van der Waals surface area contributed by atoms with Gasteiger partial charge in [0.1, 0.15) is 6.61 Å². The van der Waals surface area contributed by atoms with E-state index in [1.54, 1.807) is 0 Å². The highest BCUT2D eigenvalue weighted by Crippen LogP contribution is 2.44. The molecule has 2 aromatic rings. The quantitative estimate of drug-likeness (QED) is 0.584. The molecule has 1 aromatic heterocycles. The van der Waals surface area contributed by atoms with Crippen LogP contribution in [0.3, 0.4) is 0 Å². The Balaban J connectivity index is 1.44. The summed E-state index contributed by atoms with van der Waals surface area (Å²) in [6, 6.07) is 6.86. The molecule has 2 aliphatic rings. The van der Waals surface area contributed by atoms with Gasteiger partial charge in [-0.05, 0) is 43.5 Å². The molecule has 0 spiro atoms. The van der Waals surface area contributed by atoms with Crippen LogP contribution in [0.1, 0.15) is 56.1 Å². The number of carbonyl (C=O) groups excluding carboxylic acids is 2. The van der Waals surface area contributed by atoms with E-state index in [2.05, 4.69) is 48.3 Å². The van der Waals surface area contributed by atoms with Crippen molar-refractivity contribution in [2.24, 2.45) is 5.92 Å². The third-order valence-electron chi connectivity index (χ3n) is 6.54. The van der Waals surface area contributed by atoms with Crippen LogP contribution in [0.4, 0.5) is 0 Å². The van der Waals surface area contributed by atoms with E-state index in [9.17, 15) is 9.59 Å². The number of ketones is 1. The Kier molecular flexibility index (Phi) is 5.54. The lowest BCUT2D eigenvalue weighted by atomic mass is 9.72. The van der Waals surface area contributed by atoms with Gasteiger partial charge in [0.15, 0.2) is 5.78 Å². The van der Waals surface area contributed by atoms with Gasteiger partial charge in [0.2, 0.25) is 0 Å². The van der Waals surface area contributed by atoms with Crippen LogP contribution < -0.4 is 0 Å². The maximum Gasteiger partial charge on any atom is 0.306 e. The van der Waals surface area contributed by atoms with E-state index < -0.39 is 0 Å². The first kappa shape index (κ1) is 19.2. The zero-order valence-electron chi connectivity index (χ0n) is 16.9. The minimum absolute atomic E-state index is 0.0567. The average molecular weight is 383 g/mol. The van der Waals surface area contributed by atoms with Crippen LogP contribution >= 0.6 is 0 Å². The number of nitrogens with one attached hydrogen (secondary N) is 1. The molecule has 0 bridgehead atoms. The second-order valence-corrected chi connectivity index (χ2v) is 8.42. The molecule has 5 heteroatoms. The van der Waals surface area contributed by atoms with Crippen molar-refractivity contribution in [3.8, 4) is 0 Å². The van der Waals surface area contributed by atoms with Crippen LogP contribution in [0.25, 0.3) is 10.9 Å². The summed E-state index contributed by atoms with van der Waals surface area (Å²) < 4.78 is 5.26. The summed E-state index contributed by atoms with van der Waals surface area (Å²) in [5.74, 6) is 0.0785. The van der Waals surface area contributed by atoms with E-state index in [1.807, 2.05) is 0 Å². The van der Waals surface area contributed by atoms with Crippen LogP contribution in [0, 0.1) is 5.92 Å². The van der Waals surface area contributed by atoms with E-state index >= 15 is 0 Å². The highest BCUT2D eigenvalue weighted by molar-refractivity contribution is 5.89. The van der Waals surface area contributed by atoms with E-state index in [4.69, 9.17) is 4.74 Å². The number of rotatable bonds is 7. The first-order valence-corrected chi connectivity index (χ1v) is 10.6. The van der Waals surface area contributed by atoms with Crippen molar-refractivity contribution in [3.63, 3.8) is 0 Å². The summed E-state index contributed by atoms with van der Waals surface area (Å²) in [6.45, 7) is 2.76. The molecule has 0 radical (unpaired) electrons. The number of hydrogen-bond acceptors (Lipinski definition) is 4. The van der Waals surface area contributed by atoms with E-state index in [1.165, 1.54) is 22.0 Å². The van der Waals surface area contributed by atoms with Crippen molar-refractivity contribution in [2.45, 2.75) is 57.4 Å². The fraction of sp³-hybridized carbons (Fsp3) is 0.565. The molecular formula is C23H30N2O3. The van der Waals surface area contributed by atoms with Crippen molar-refractivity contribution in [3.05, 3.63) is 35.5 Å². The number of aromatic nitrogens is 1. The topological polar surface area (TPSA) is 62.4 Å². The Bertz CT molecular complexity index is 872. The fourth-order valence-electron chi connectivity index (χ4n) is 5.04. The SMILES string of the molecule is CCCCCC(=O)OCC(=O)C1CC2c3cccc4[nH]cc(c34)C[C@H]2N(C)C1. The lowest BCUT2D eigenvalue weighted by Crippen LogP contribution is -2.50. The molecule has 1 saturated heterocycles. The molecule has 1 fully saturated rings. The minimum Gasteiger partial charge on any atom is -0.458 e. The third-order valence-corrected chi connectivity index (χ3v) is 6.54. The van der Waals surface area contributed by atoms with Crippen molar-refractivity contribution < 1.29 is 14.3 Å². The second-order valence-electron chi connectivity index (χ2n) is 8.42. The minimum atomic E-state index is -0.247. The smallest absolute Gasteiger partial charge is 0.306 e. The maximum absolute atomic E-state index is 12.8. The number of hydrogen-bond donors (Lipinski definition) is 1. The van der Waals surface area contributed by atoms with Gasteiger partial charge in [-0.25, -0.2) is 0 Å². The number of likely N-dealkylation sites (N-methyl/N-ethyl adjacent to an activating group) is 1. The molecule has 1 aliphatic carbocycles. The van der Waals surface area contributed by atoms with Gasteiger partial charge in [-0.3, -0.25) is 9.59 Å². The molecule has 150 valence electrons. The molecule has 1 aliphatic heterocycles. The van der Waals surface area contributed by atoms with Crippen molar-refractivity contribution in [1.82, 2.24) is 9.88 Å². The van der Waals surface area contributed by atoms with Gasteiger partial charge in [0.05, 0.1) is 0 Å². The van der Waals surface area contributed by atoms with E-state index in [0.29, 0.717) is 18.4 Å². The van der Waals surface area contributed by atoms with Gasteiger partial charge in [0.25, 0.3) is 0 Å². The van der Waals surface area contributed by atoms with Crippen LogP contribution in [0.2, 0.25) is 0 Å². The Morgan fingerprint density at radius 2 is 2.14 bits per heavy atom. The summed E-state index contributed by atoms with van der Waals surface area (Å²) in [6.07, 6.45) is 7.33. The third kappa shape index (κ3) is 3.60. The number of nitrogens with zero attached hydrogens (tertiary/aromatic N) is 1. The highest BCUT2D eigenvalue weighted by atomic mass is 16.5. The largest absolute Gasteiger partial charge is 0.458 e. The number of fused-ring (bicyclic) bond motifs is 2. The second kappa shape index (κ2) is 8.08. The standard InChI is InChI=1S/C23H30N2O3/c1-3-4-5-9-22(27)28-14-21(26)16-10-18-17-7-6-8-19-23(17)15(12-24-19)11-20(18)25(2)13-16/h6-8,12,16,18,20,24H,3-5,9-11,13-14H2,1-2H3/t16?,18?,20-/m1/s1. The number of carbonyl (C=O) groups is 2. The zero-order chi connectivity index (χ0) is 19.7. The Morgan fingerprint density at radius 1 is 1.29 bits per heavy atom. The predicted octanol–water partition coefficient (Wildman–Crippen LogP) is 3.82. The van der Waals surface area contributed by atoms with Gasteiger partial charge < -0.3 is 14.6 Å². The van der Waals surface area contributed by atoms with Gasteiger partial charge in [-0.2, -0.15) is 0 Å². The highest BCUT2D eigenvalue weighted by Gasteiger charge is 2.41. The van der Waals surface area contributed by atoms with E-state index in [-0.39, 0.29) is 24.3 Å². The number of piperidine rings is 1. The summed E-state index contributed by atoms with van der Waals surface area (Å²) in [4.78, 5) is 30.3. The molecule has 3 atom stereocenters. The number of benzene rings is 1. The first-order chi connectivity index (χ1) is 13.6. The first-order valence-electron chi connectivity index (χ1n) is 10.6. The average Bonchev–Trinajstić information content (AvgIpc) is 3.11. The number of ether oxygens (including phenoxy) is 1. The number of esters is 1. The maximum atomic E-state index is 12.8. The van der Waals surface area contributed by atoms with E-state index in [0.717, 1.165) is 38.6 Å². The molecule has 28 heavy (non-hydrogen) atoms. The molecule has 0 amide bonds. The van der Waals surface area contributed by atoms with Gasteiger partial charge in [0, 0.05) is 47.9 Å². The Morgan fingerprint density at radius 3 is 2.96 bits per heavy atom. The van der Waals surface area contributed by atoms with Crippen LogP contribution in [-0.4, -0.2) is 47.9 Å². The number of unbranched alkanes of at least 4 members (excludes halogenated alkanes) is 2. The lowest BCUT2D eigenvalue weighted by molar-refractivity contribution is -0.149. The molecule has 4 rings (SSSR count). The zero-order valence-corrected chi connectivity index (χ0v) is 16.9. The summed E-state index contributed by atoms with van der Waals surface area (Å²) >= 11 is 0.